The summed E-state index contributed by atoms with van der Waals surface area (Å²) in [5.41, 5.74) is -0.421. The quantitative estimate of drug-likeness (QED) is 0.250. The minimum absolute atomic E-state index is 0.00613. The lowest BCUT2D eigenvalue weighted by atomic mass is 10.2. The molecule has 0 aliphatic carbocycles. The first-order valence-electron chi connectivity index (χ1n) is 5.10. The van der Waals surface area contributed by atoms with Gasteiger partial charge in [0.25, 0.3) is 0 Å². The first-order chi connectivity index (χ1) is 8.56. The van der Waals surface area contributed by atoms with Gasteiger partial charge in [0.15, 0.2) is 12.0 Å². The molecule has 0 aliphatic heterocycles. The van der Waals surface area contributed by atoms with Crippen molar-refractivity contribution < 1.29 is 19.2 Å². The Hall–Kier alpha value is -1.95. The van der Waals surface area contributed by atoms with Crippen LogP contribution in [0.3, 0.4) is 0 Å². The van der Waals surface area contributed by atoms with E-state index in [2.05, 4.69) is 0 Å². The molecule has 0 aliphatic rings. The van der Waals surface area contributed by atoms with Gasteiger partial charge in [-0.2, -0.15) is 0 Å². The van der Waals surface area contributed by atoms with E-state index in [9.17, 15) is 19.7 Å². The molecule has 7 heteroatoms. The van der Waals surface area contributed by atoms with Gasteiger partial charge in [-0.15, -0.1) is 0 Å². The minimum Gasteiger partial charge on any atom is -0.487 e. The number of nitro groups is 1. The Morgan fingerprint density at radius 2 is 2.22 bits per heavy atom. The van der Waals surface area contributed by atoms with Gasteiger partial charge in [-0.25, -0.2) is 0 Å². The molecule has 0 saturated carbocycles. The second-order valence-electron chi connectivity index (χ2n) is 3.38. The molecule has 0 N–H and O–H groups in total. The summed E-state index contributed by atoms with van der Waals surface area (Å²) in [6, 6.07) is 4.21. The van der Waals surface area contributed by atoms with E-state index in [0.29, 0.717) is 12.7 Å². The van der Waals surface area contributed by atoms with E-state index in [1.165, 1.54) is 18.2 Å². The van der Waals surface area contributed by atoms with Crippen LogP contribution in [0.1, 0.15) is 23.2 Å². The van der Waals surface area contributed by atoms with E-state index < -0.39 is 10.2 Å². The monoisotopic (exact) mass is 271 g/mol. The van der Waals surface area contributed by atoms with Crippen molar-refractivity contribution in [3.8, 4) is 5.75 Å². The highest BCUT2D eigenvalue weighted by molar-refractivity contribution is 6.63. The molecule has 0 fully saturated rings. The van der Waals surface area contributed by atoms with Crippen LogP contribution >= 0.6 is 11.6 Å². The van der Waals surface area contributed by atoms with Crippen LogP contribution in [-0.4, -0.2) is 23.1 Å². The molecule has 6 nitrogen and oxygen atoms in total. The second kappa shape index (κ2) is 6.70. The topological polar surface area (TPSA) is 86.5 Å². The molecule has 0 amide bonds. The van der Waals surface area contributed by atoms with Crippen LogP contribution in [0.15, 0.2) is 18.2 Å². The molecule has 1 rings (SSSR count). The van der Waals surface area contributed by atoms with Gasteiger partial charge in [0.1, 0.15) is 0 Å². The number of hydrogen-bond donors (Lipinski definition) is 0. The average molecular weight is 272 g/mol. The minimum atomic E-state index is -0.675. The first-order valence-corrected chi connectivity index (χ1v) is 5.47. The Morgan fingerprint density at radius 1 is 1.50 bits per heavy atom. The normalized spacial score (nSPS) is 9.83. The molecule has 0 spiro atoms. The Morgan fingerprint density at radius 3 is 2.78 bits per heavy atom. The van der Waals surface area contributed by atoms with E-state index in [1.54, 1.807) is 0 Å². The summed E-state index contributed by atoms with van der Waals surface area (Å²) >= 11 is 5.14. The molecule has 1 aromatic carbocycles. The standard InChI is InChI=1S/C11H10ClNO5/c12-10(15)5-2-6-18-9-4-1-3-8(7-14)11(9)13(16)17/h1,3-4,7H,2,5-6H2. The van der Waals surface area contributed by atoms with Crippen molar-refractivity contribution in [3.05, 3.63) is 33.9 Å². The SMILES string of the molecule is O=Cc1cccc(OCCCC(=O)Cl)c1[N+](=O)[O-]. The Labute approximate surface area is 108 Å². The van der Waals surface area contributed by atoms with Crippen molar-refractivity contribution in [3.63, 3.8) is 0 Å². The van der Waals surface area contributed by atoms with Crippen molar-refractivity contribution in [2.24, 2.45) is 0 Å². The third-order valence-electron chi connectivity index (χ3n) is 2.11. The van der Waals surface area contributed by atoms with E-state index in [4.69, 9.17) is 16.3 Å². The summed E-state index contributed by atoms with van der Waals surface area (Å²) in [6.07, 6.45) is 0.876. The lowest BCUT2D eigenvalue weighted by Gasteiger charge is -2.06. The van der Waals surface area contributed by atoms with Gasteiger partial charge in [0.05, 0.1) is 17.1 Å². The molecule has 0 unspecified atom stereocenters. The van der Waals surface area contributed by atoms with Crippen molar-refractivity contribution in [2.75, 3.05) is 6.61 Å². The molecule has 0 saturated heterocycles. The fraction of sp³-hybridized carbons (Fsp3) is 0.273. The third kappa shape index (κ3) is 3.81. The number of halogens is 1. The van der Waals surface area contributed by atoms with E-state index >= 15 is 0 Å². The zero-order chi connectivity index (χ0) is 13.5. The first kappa shape index (κ1) is 14.1. The maximum absolute atomic E-state index is 10.8. The molecule has 0 atom stereocenters. The fourth-order valence-corrected chi connectivity index (χ4v) is 1.47. The molecule has 0 aromatic heterocycles. The molecule has 0 heterocycles. The maximum atomic E-state index is 10.8. The van der Waals surface area contributed by atoms with Gasteiger partial charge < -0.3 is 4.74 Å². The predicted molar refractivity (Wildman–Crippen MR) is 64.1 cm³/mol. The molecule has 1 aromatic rings. The summed E-state index contributed by atoms with van der Waals surface area (Å²) in [5, 5.41) is 10.3. The van der Waals surface area contributed by atoms with Crippen LogP contribution in [0, 0.1) is 10.1 Å². The number of carbonyl (C=O) groups excluding carboxylic acids is 2. The summed E-state index contributed by atoms with van der Waals surface area (Å²) in [6.45, 7) is 0.113. The number of benzene rings is 1. The van der Waals surface area contributed by atoms with Crippen molar-refractivity contribution in [1.29, 1.82) is 0 Å². The van der Waals surface area contributed by atoms with Crippen molar-refractivity contribution in [1.82, 2.24) is 0 Å². The van der Waals surface area contributed by atoms with Gasteiger partial charge in [0, 0.05) is 6.42 Å². The molecular weight excluding hydrogens is 262 g/mol. The number of aldehydes is 1. The summed E-state index contributed by atoms with van der Waals surface area (Å²) in [7, 11) is 0. The zero-order valence-corrected chi connectivity index (χ0v) is 10.1. The Bertz CT molecular complexity index is 475. The van der Waals surface area contributed by atoms with Gasteiger partial charge in [-0.3, -0.25) is 19.7 Å². The van der Waals surface area contributed by atoms with Crippen LogP contribution < -0.4 is 4.74 Å². The van der Waals surface area contributed by atoms with Crippen LogP contribution in [0.25, 0.3) is 0 Å². The van der Waals surface area contributed by atoms with Crippen LogP contribution in [0.4, 0.5) is 5.69 Å². The highest BCUT2D eigenvalue weighted by Crippen LogP contribution is 2.29. The van der Waals surface area contributed by atoms with Gasteiger partial charge in [0.2, 0.25) is 5.24 Å². The van der Waals surface area contributed by atoms with Gasteiger partial charge in [-0.1, -0.05) is 6.07 Å². The molecular formula is C11H10ClNO5. The molecule has 0 radical (unpaired) electrons. The largest absolute Gasteiger partial charge is 0.487 e. The predicted octanol–water partition coefficient (Wildman–Crippen LogP) is 2.33. The smallest absolute Gasteiger partial charge is 0.321 e. The number of hydrogen-bond acceptors (Lipinski definition) is 5. The maximum Gasteiger partial charge on any atom is 0.321 e. The Kier molecular flexibility index (Phi) is 5.26. The lowest BCUT2D eigenvalue weighted by molar-refractivity contribution is -0.386. The van der Waals surface area contributed by atoms with E-state index in [0.717, 1.165) is 0 Å². The number of ether oxygens (including phenoxy) is 1. The van der Waals surface area contributed by atoms with Gasteiger partial charge in [-0.05, 0) is 30.2 Å². The fourth-order valence-electron chi connectivity index (χ4n) is 1.34. The summed E-state index contributed by atoms with van der Waals surface area (Å²) in [4.78, 5) is 31.3. The van der Waals surface area contributed by atoms with Crippen LogP contribution in [0.5, 0.6) is 5.75 Å². The van der Waals surface area contributed by atoms with E-state index in [-0.39, 0.29) is 30.0 Å². The van der Waals surface area contributed by atoms with Crippen molar-refractivity contribution >= 4 is 28.8 Å². The lowest BCUT2D eigenvalue weighted by Crippen LogP contribution is -2.03. The number of nitrogens with zero attached hydrogens (tertiary/aromatic N) is 1. The van der Waals surface area contributed by atoms with E-state index in [1.807, 2.05) is 0 Å². The van der Waals surface area contributed by atoms with Crippen LogP contribution in [-0.2, 0) is 4.79 Å². The average Bonchev–Trinajstić information content (AvgIpc) is 2.33. The summed E-state index contributed by atoms with van der Waals surface area (Å²) < 4.78 is 5.18. The number of nitro benzene ring substituents is 1. The second-order valence-corrected chi connectivity index (χ2v) is 3.80. The highest BCUT2D eigenvalue weighted by Gasteiger charge is 2.20. The van der Waals surface area contributed by atoms with Gasteiger partial charge >= 0.3 is 5.69 Å². The number of carbonyl (C=O) groups is 2. The highest BCUT2D eigenvalue weighted by atomic mass is 35.5. The third-order valence-corrected chi connectivity index (χ3v) is 2.30. The molecule has 0 bridgehead atoms. The zero-order valence-electron chi connectivity index (χ0n) is 9.30. The molecule has 96 valence electrons. The van der Waals surface area contributed by atoms with Crippen molar-refractivity contribution in [2.45, 2.75) is 12.8 Å². The van der Waals surface area contributed by atoms with Crippen LogP contribution in [0.2, 0.25) is 0 Å². The summed E-state index contributed by atoms with van der Waals surface area (Å²) in [5.74, 6) is 0.00613. The Balaban J connectivity index is 2.78. The molecule has 18 heavy (non-hydrogen) atoms. The number of rotatable bonds is 7. The number of para-hydroxylation sites is 1.